The first-order chi connectivity index (χ1) is 16.5. The Bertz CT molecular complexity index is 895. The third-order valence-corrected chi connectivity index (χ3v) is 8.26. The summed E-state index contributed by atoms with van der Waals surface area (Å²) >= 11 is 0. The van der Waals surface area contributed by atoms with Crippen molar-refractivity contribution in [3.63, 3.8) is 0 Å². The van der Waals surface area contributed by atoms with Crippen molar-refractivity contribution in [3.05, 3.63) is 35.4 Å². The van der Waals surface area contributed by atoms with Crippen molar-refractivity contribution in [1.29, 1.82) is 0 Å². The molecule has 0 heterocycles. The first kappa shape index (κ1) is 27.3. The lowest BCUT2D eigenvalue weighted by molar-refractivity contribution is -0.186. The van der Waals surface area contributed by atoms with Gasteiger partial charge < -0.3 is 25.6 Å². The van der Waals surface area contributed by atoms with E-state index in [-0.39, 0.29) is 37.3 Å². The van der Waals surface area contributed by atoms with Crippen molar-refractivity contribution < 1.29 is 33.3 Å². The first-order valence-electron chi connectivity index (χ1n) is 12.5. The highest BCUT2D eigenvalue weighted by atomic mass is 19.1. The van der Waals surface area contributed by atoms with E-state index in [9.17, 15) is 28.6 Å². The highest BCUT2D eigenvalue weighted by Gasteiger charge is 2.60. The molecule has 0 aromatic heterocycles. The minimum Gasteiger partial charge on any atom is -0.446 e. The van der Waals surface area contributed by atoms with Crippen LogP contribution in [0.5, 0.6) is 0 Å². The Morgan fingerprint density at radius 3 is 2.43 bits per heavy atom. The van der Waals surface area contributed by atoms with E-state index < -0.39 is 40.8 Å². The molecule has 9 heteroatoms. The Hall–Kier alpha value is -2.26. The molecule has 2 aliphatic rings. The molecule has 6 atom stereocenters. The molecule has 0 saturated heterocycles. The maximum absolute atomic E-state index is 13.4. The fourth-order valence-corrected chi connectivity index (χ4v) is 6.36. The van der Waals surface area contributed by atoms with Gasteiger partial charge in [-0.1, -0.05) is 20.8 Å². The smallest absolute Gasteiger partial charge is 0.407 e. The van der Waals surface area contributed by atoms with E-state index in [1.54, 1.807) is 0 Å². The Balaban J connectivity index is 1.72. The van der Waals surface area contributed by atoms with E-state index in [4.69, 9.17) is 4.74 Å². The molecule has 196 valence electrons. The van der Waals surface area contributed by atoms with Crippen LogP contribution in [0.25, 0.3) is 0 Å². The largest absolute Gasteiger partial charge is 0.446 e. The molecule has 1 aromatic rings. The lowest BCUT2D eigenvalue weighted by Crippen LogP contribution is -2.61. The second-order valence-corrected chi connectivity index (χ2v) is 10.6. The lowest BCUT2D eigenvalue weighted by atomic mass is 9.46. The lowest BCUT2D eigenvalue weighted by Gasteiger charge is -2.60. The summed E-state index contributed by atoms with van der Waals surface area (Å²) in [6.07, 6.45) is 1.42. The predicted octanol–water partition coefficient (Wildman–Crippen LogP) is 3.66. The van der Waals surface area contributed by atoms with Gasteiger partial charge in [0.05, 0.1) is 12.7 Å². The summed E-state index contributed by atoms with van der Waals surface area (Å²) in [5, 5.41) is 26.8. The van der Waals surface area contributed by atoms with E-state index in [2.05, 4.69) is 10.6 Å². The van der Waals surface area contributed by atoms with Crippen molar-refractivity contribution in [2.24, 2.45) is 22.7 Å². The van der Waals surface area contributed by atoms with Crippen LogP contribution in [0.1, 0.15) is 64.9 Å². The second kappa shape index (κ2) is 11.2. The molecule has 3 rings (SSSR count). The molecule has 1 unspecified atom stereocenters. The number of amides is 2. The summed E-state index contributed by atoms with van der Waals surface area (Å²) in [6, 6.07) is 3.11. The van der Waals surface area contributed by atoms with Crippen LogP contribution in [0, 0.1) is 34.3 Å². The maximum Gasteiger partial charge on any atom is 0.407 e. The zero-order valence-corrected chi connectivity index (χ0v) is 20.8. The normalized spacial score (nSPS) is 32.4. The van der Waals surface area contributed by atoms with E-state index >= 15 is 0 Å². The van der Waals surface area contributed by atoms with Crippen LogP contribution in [-0.2, 0) is 16.1 Å². The van der Waals surface area contributed by atoms with Gasteiger partial charge in [0, 0.05) is 31.0 Å². The summed E-state index contributed by atoms with van der Waals surface area (Å²) in [6.45, 7) is 6.21. The number of alkyl carbamates (subject to hydrolysis) is 1. The third-order valence-electron chi connectivity index (χ3n) is 8.26. The Morgan fingerprint density at radius 1 is 1.11 bits per heavy atom. The molecule has 2 aliphatic carbocycles. The number of fused-ring (bicyclic) bond motifs is 1. The zero-order chi connectivity index (χ0) is 25.8. The van der Waals surface area contributed by atoms with Crippen LogP contribution in [0.3, 0.4) is 0 Å². The second-order valence-electron chi connectivity index (χ2n) is 10.6. The summed E-state index contributed by atoms with van der Waals surface area (Å²) < 4.78 is 32.6. The first-order valence-corrected chi connectivity index (χ1v) is 12.5. The van der Waals surface area contributed by atoms with Crippen molar-refractivity contribution in [2.45, 2.75) is 78.0 Å². The minimum absolute atomic E-state index is 0.0202. The number of hydrogen-bond donors (Lipinski definition) is 4. The summed E-state index contributed by atoms with van der Waals surface area (Å²) in [7, 11) is 0. The number of nitrogens with one attached hydrogen (secondary N) is 2. The number of aliphatic hydroxyl groups is 2. The minimum atomic E-state index is -0.718. The van der Waals surface area contributed by atoms with Crippen molar-refractivity contribution in [3.8, 4) is 0 Å². The molecule has 7 nitrogen and oxygen atoms in total. The number of carbonyl (C=O) groups excluding carboxylic acids is 2. The molecule has 0 radical (unpaired) electrons. The topological polar surface area (TPSA) is 108 Å². The van der Waals surface area contributed by atoms with Gasteiger partial charge in [-0.15, -0.1) is 0 Å². The average Bonchev–Trinajstić information content (AvgIpc) is 2.80. The van der Waals surface area contributed by atoms with E-state index in [1.165, 1.54) is 12.1 Å². The van der Waals surface area contributed by atoms with Crippen LogP contribution >= 0.6 is 0 Å². The standard InChI is InChI=1S/C26H38F2N2O5/c1-4-9-29-24(34)35-22-7-8-25(2)19(20(32)5-6-21(25)26(22,3)15-31)13-23(33)30-14-16-10-17(27)12-18(28)11-16/h10-12,19-22,31-32H,4-9,13-15H2,1-3H3,(H,29,34)(H,30,33)/t19-,20-,21?,22-,25+,26+/m1/s1. The van der Waals surface area contributed by atoms with Crippen molar-refractivity contribution in [1.82, 2.24) is 10.6 Å². The van der Waals surface area contributed by atoms with Crippen LogP contribution < -0.4 is 10.6 Å². The molecule has 0 spiro atoms. The number of aliphatic hydroxyl groups excluding tert-OH is 2. The monoisotopic (exact) mass is 496 g/mol. The number of hydrogen-bond acceptors (Lipinski definition) is 5. The predicted molar refractivity (Wildman–Crippen MR) is 126 cm³/mol. The van der Waals surface area contributed by atoms with Crippen LogP contribution in [0.4, 0.5) is 13.6 Å². The van der Waals surface area contributed by atoms with Gasteiger partial charge in [-0.05, 0) is 67.1 Å². The summed E-state index contributed by atoms with van der Waals surface area (Å²) in [5.41, 5.74) is -0.863. The molecule has 2 fully saturated rings. The number of ether oxygens (including phenoxy) is 1. The van der Waals surface area contributed by atoms with Gasteiger partial charge in [0.2, 0.25) is 5.91 Å². The number of halogens is 2. The van der Waals surface area contributed by atoms with E-state index in [1.807, 2.05) is 20.8 Å². The van der Waals surface area contributed by atoms with E-state index in [0.717, 1.165) is 12.5 Å². The maximum atomic E-state index is 13.4. The molecule has 2 amide bonds. The Morgan fingerprint density at radius 2 is 1.80 bits per heavy atom. The molecule has 0 aliphatic heterocycles. The molecular formula is C26H38F2N2O5. The van der Waals surface area contributed by atoms with Crippen LogP contribution in [0.15, 0.2) is 18.2 Å². The molecule has 2 saturated carbocycles. The van der Waals surface area contributed by atoms with Gasteiger partial charge in [0.15, 0.2) is 0 Å². The van der Waals surface area contributed by atoms with E-state index in [0.29, 0.717) is 37.8 Å². The van der Waals surface area contributed by atoms with Crippen molar-refractivity contribution in [2.75, 3.05) is 13.2 Å². The highest BCUT2D eigenvalue weighted by Crippen LogP contribution is 2.61. The van der Waals surface area contributed by atoms with Gasteiger partial charge in [0.1, 0.15) is 17.7 Å². The third kappa shape index (κ3) is 5.94. The molecule has 35 heavy (non-hydrogen) atoms. The van der Waals surface area contributed by atoms with Crippen molar-refractivity contribution >= 4 is 12.0 Å². The number of rotatable bonds is 8. The van der Waals surface area contributed by atoms with Gasteiger partial charge in [0.25, 0.3) is 0 Å². The van der Waals surface area contributed by atoms with Gasteiger partial charge >= 0.3 is 6.09 Å². The molecular weight excluding hydrogens is 458 g/mol. The van der Waals surface area contributed by atoms with Gasteiger partial charge in [-0.2, -0.15) is 0 Å². The van der Waals surface area contributed by atoms with Crippen LogP contribution in [-0.4, -0.2) is 47.6 Å². The SMILES string of the molecule is CCCNC(=O)O[C@@H]1CC[C@]2(C)C(CC[C@@H](O)[C@H]2CC(=O)NCc2cc(F)cc(F)c2)[C@]1(C)CO. The molecule has 0 bridgehead atoms. The highest BCUT2D eigenvalue weighted by molar-refractivity contribution is 5.76. The molecule has 4 N–H and O–H groups in total. The summed E-state index contributed by atoms with van der Waals surface area (Å²) in [4.78, 5) is 25.1. The molecule has 1 aromatic carbocycles. The quantitative estimate of drug-likeness (QED) is 0.439. The average molecular weight is 497 g/mol. The number of carbonyl (C=O) groups is 2. The van der Waals surface area contributed by atoms with Crippen LogP contribution in [0.2, 0.25) is 0 Å². The Labute approximate surface area is 205 Å². The fourth-order valence-electron chi connectivity index (χ4n) is 6.36. The number of benzene rings is 1. The van der Waals surface area contributed by atoms with Gasteiger partial charge in [-0.25, -0.2) is 13.6 Å². The zero-order valence-electron chi connectivity index (χ0n) is 20.8. The summed E-state index contributed by atoms with van der Waals surface area (Å²) in [5.74, 6) is -2.18. The Kier molecular flexibility index (Phi) is 8.75. The van der Waals surface area contributed by atoms with Gasteiger partial charge in [-0.3, -0.25) is 4.79 Å². The fraction of sp³-hybridized carbons (Fsp3) is 0.692.